The fraction of sp³-hybridized carbons (Fsp3) is 1.00. The Balaban J connectivity index is 1.92. The predicted molar refractivity (Wildman–Crippen MR) is 48.2 cm³/mol. The maximum atomic E-state index is 2.59. The SMILES string of the molecule is BCCC1CN1CCCC. The highest BCUT2D eigenvalue weighted by atomic mass is 15.3. The summed E-state index contributed by atoms with van der Waals surface area (Å²) in [5, 5.41) is 0. The Morgan fingerprint density at radius 1 is 1.60 bits per heavy atom. The number of unbranched alkanes of at least 4 members (excludes halogenated alkanes) is 1. The van der Waals surface area contributed by atoms with Crippen LogP contribution in [0.2, 0.25) is 6.32 Å². The smallest absolute Gasteiger partial charge is 0.101 e. The maximum absolute atomic E-state index is 2.59. The number of rotatable bonds is 5. The molecule has 2 unspecified atom stereocenters. The van der Waals surface area contributed by atoms with Gasteiger partial charge in [0.05, 0.1) is 0 Å². The molecule has 1 saturated heterocycles. The van der Waals surface area contributed by atoms with Gasteiger partial charge in [-0.1, -0.05) is 19.7 Å². The molecule has 0 aromatic heterocycles. The summed E-state index contributed by atoms with van der Waals surface area (Å²) in [7, 11) is 2.27. The van der Waals surface area contributed by atoms with Crippen molar-refractivity contribution in [1.29, 1.82) is 0 Å². The van der Waals surface area contributed by atoms with E-state index >= 15 is 0 Å². The van der Waals surface area contributed by atoms with E-state index in [1.807, 2.05) is 0 Å². The van der Waals surface area contributed by atoms with E-state index in [4.69, 9.17) is 0 Å². The molecular weight excluding hydrogens is 121 g/mol. The molecule has 0 aliphatic carbocycles. The maximum Gasteiger partial charge on any atom is 0.101 e. The van der Waals surface area contributed by atoms with Gasteiger partial charge >= 0.3 is 0 Å². The van der Waals surface area contributed by atoms with Crippen molar-refractivity contribution in [2.45, 2.75) is 38.5 Å². The third kappa shape index (κ3) is 2.33. The second-order valence-corrected chi connectivity index (χ2v) is 3.29. The van der Waals surface area contributed by atoms with E-state index in [-0.39, 0.29) is 0 Å². The van der Waals surface area contributed by atoms with Crippen LogP contribution in [0.5, 0.6) is 0 Å². The zero-order chi connectivity index (χ0) is 7.40. The largest absolute Gasteiger partial charge is 0.298 e. The van der Waals surface area contributed by atoms with Crippen molar-refractivity contribution >= 4 is 7.85 Å². The van der Waals surface area contributed by atoms with Gasteiger partial charge in [-0.3, -0.25) is 4.90 Å². The van der Waals surface area contributed by atoms with Crippen molar-refractivity contribution in [2.75, 3.05) is 13.1 Å². The van der Waals surface area contributed by atoms with E-state index < -0.39 is 0 Å². The zero-order valence-corrected chi connectivity index (χ0v) is 7.27. The van der Waals surface area contributed by atoms with Crippen LogP contribution in [0.1, 0.15) is 26.2 Å². The Bertz CT molecular complexity index is 95.3. The topological polar surface area (TPSA) is 3.01 Å². The zero-order valence-electron chi connectivity index (χ0n) is 7.27. The summed E-state index contributed by atoms with van der Waals surface area (Å²) < 4.78 is 0. The van der Waals surface area contributed by atoms with E-state index in [1.54, 1.807) is 0 Å². The van der Waals surface area contributed by atoms with Crippen LogP contribution in [-0.4, -0.2) is 31.9 Å². The van der Waals surface area contributed by atoms with Gasteiger partial charge in [0.2, 0.25) is 0 Å². The highest BCUT2D eigenvalue weighted by molar-refractivity contribution is 6.08. The fourth-order valence-electron chi connectivity index (χ4n) is 1.47. The van der Waals surface area contributed by atoms with Crippen LogP contribution in [0.3, 0.4) is 0 Å². The normalized spacial score (nSPS) is 30.5. The molecule has 1 fully saturated rings. The molecule has 0 spiro atoms. The van der Waals surface area contributed by atoms with Crippen LogP contribution < -0.4 is 0 Å². The van der Waals surface area contributed by atoms with E-state index in [2.05, 4.69) is 19.7 Å². The Labute approximate surface area is 65.2 Å². The average molecular weight is 139 g/mol. The van der Waals surface area contributed by atoms with Gasteiger partial charge in [0.15, 0.2) is 0 Å². The molecule has 0 aromatic carbocycles. The van der Waals surface area contributed by atoms with Gasteiger partial charge in [-0.15, -0.1) is 0 Å². The van der Waals surface area contributed by atoms with Crippen LogP contribution in [0.15, 0.2) is 0 Å². The minimum absolute atomic E-state index is 0.969. The first-order valence-electron chi connectivity index (χ1n) is 4.62. The summed E-state index contributed by atoms with van der Waals surface area (Å²) in [5.41, 5.74) is 0. The van der Waals surface area contributed by atoms with Crippen LogP contribution in [0.25, 0.3) is 0 Å². The Morgan fingerprint density at radius 3 is 3.00 bits per heavy atom. The molecule has 0 bridgehead atoms. The van der Waals surface area contributed by atoms with Gasteiger partial charge in [0, 0.05) is 12.6 Å². The van der Waals surface area contributed by atoms with Gasteiger partial charge in [-0.2, -0.15) is 0 Å². The monoisotopic (exact) mass is 139 g/mol. The molecule has 0 N–H and O–H groups in total. The summed E-state index contributed by atoms with van der Waals surface area (Å²) in [5.74, 6) is 0. The van der Waals surface area contributed by atoms with Crippen molar-refractivity contribution in [3.63, 3.8) is 0 Å². The average Bonchev–Trinajstić information content (AvgIpc) is 2.65. The number of hydrogen-bond acceptors (Lipinski definition) is 1. The number of nitrogens with zero attached hydrogens (tertiary/aromatic N) is 1. The lowest BCUT2D eigenvalue weighted by atomic mass is 10.0. The third-order valence-corrected chi connectivity index (χ3v) is 2.25. The van der Waals surface area contributed by atoms with Gasteiger partial charge in [0.1, 0.15) is 7.85 Å². The van der Waals surface area contributed by atoms with Crippen molar-refractivity contribution in [2.24, 2.45) is 0 Å². The minimum Gasteiger partial charge on any atom is -0.298 e. The molecule has 1 aliphatic rings. The second kappa shape index (κ2) is 4.02. The Morgan fingerprint density at radius 2 is 2.40 bits per heavy atom. The first kappa shape index (κ1) is 8.12. The van der Waals surface area contributed by atoms with Crippen LogP contribution in [-0.2, 0) is 0 Å². The highest BCUT2D eigenvalue weighted by Gasteiger charge is 2.31. The molecule has 0 amide bonds. The molecule has 1 heterocycles. The molecule has 58 valence electrons. The van der Waals surface area contributed by atoms with Crippen LogP contribution >= 0.6 is 0 Å². The summed E-state index contributed by atoms with van der Waals surface area (Å²) in [6, 6.07) is 0.969. The Hall–Kier alpha value is 0.0249. The molecule has 1 nitrogen and oxygen atoms in total. The second-order valence-electron chi connectivity index (χ2n) is 3.29. The standard InChI is InChI=1S/C8H18BN/c1-2-3-6-10-7-8(10)4-5-9/h8H,2-7,9H2,1H3. The predicted octanol–water partition coefficient (Wildman–Crippen LogP) is 0.912. The quantitative estimate of drug-likeness (QED) is 0.404. The van der Waals surface area contributed by atoms with Crippen LogP contribution in [0.4, 0.5) is 0 Å². The van der Waals surface area contributed by atoms with E-state index in [9.17, 15) is 0 Å². The van der Waals surface area contributed by atoms with Crippen LogP contribution in [0, 0.1) is 0 Å². The lowest BCUT2D eigenvalue weighted by Gasteiger charge is -1.99. The molecule has 0 aromatic rings. The number of hydrogen-bond donors (Lipinski definition) is 0. The highest BCUT2D eigenvalue weighted by Crippen LogP contribution is 2.21. The summed E-state index contributed by atoms with van der Waals surface area (Å²) in [6.45, 7) is 4.99. The van der Waals surface area contributed by atoms with Gasteiger partial charge in [-0.05, 0) is 19.4 Å². The van der Waals surface area contributed by atoms with Crippen molar-refractivity contribution in [1.82, 2.24) is 4.90 Å². The van der Waals surface area contributed by atoms with Crippen molar-refractivity contribution in [3.8, 4) is 0 Å². The fourth-order valence-corrected chi connectivity index (χ4v) is 1.47. The summed E-state index contributed by atoms with van der Waals surface area (Å²) in [4.78, 5) is 2.59. The van der Waals surface area contributed by atoms with Crippen molar-refractivity contribution in [3.05, 3.63) is 0 Å². The van der Waals surface area contributed by atoms with E-state index in [0.717, 1.165) is 6.04 Å². The van der Waals surface area contributed by atoms with E-state index in [0.29, 0.717) is 0 Å². The lowest BCUT2D eigenvalue weighted by molar-refractivity contribution is 0.481. The first-order chi connectivity index (χ1) is 4.88. The molecule has 0 saturated carbocycles. The first-order valence-corrected chi connectivity index (χ1v) is 4.62. The molecule has 0 radical (unpaired) electrons. The third-order valence-electron chi connectivity index (χ3n) is 2.25. The summed E-state index contributed by atoms with van der Waals surface area (Å²) >= 11 is 0. The van der Waals surface area contributed by atoms with Gasteiger partial charge < -0.3 is 0 Å². The van der Waals surface area contributed by atoms with Gasteiger partial charge in [0.25, 0.3) is 0 Å². The molecule has 2 atom stereocenters. The molecule has 1 rings (SSSR count). The van der Waals surface area contributed by atoms with Gasteiger partial charge in [-0.25, -0.2) is 0 Å². The molecule has 1 aliphatic heterocycles. The van der Waals surface area contributed by atoms with E-state index in [1.165, 1.54) is 38.7 Å². The lowest BCUT2D eigenvalue weighted by Crippen LogP contribution is -2.03. The molecule has 10 heavy (non-hydrogen) atoms. The Kier molecular flexibility index (Phi) is 3.27. The molecule has 2 heteroatoms. The van der Waals surface area contributed by atoms with Crippen molar-refractivity contribution < 1.29 is 0 Å². The minimum atomic E-state index is 0.969. The molecular formula is C8H18BN. The summed E-state index contributed by atoms with van der Waals surface area (Å²) in [6.07, 6.45) is 5.51.